The molecule has 0 aromatic heterocycles. The lowest BCUT2D eigenvalue weighted by Gasteiger charge is -2.08. The predicted molar refractivity (Wildman–Crippen MR) is 77.3 cm³/mol. The van der Waals surface area contributed by atoms with Gasteiger partial charge >= 0.3 is 5.97 Å². The summed E-state index contributed by atoms with van der Waals surface area (Å²) in [4.78, 5) is 22.6. The predicted octanol–water partition coefficient (Wildman–Crippen LogP) is 3.01. The number of carbonyl (C=O) groups is 2. The number of amides is 1. The molecular formula is C12H12BrNO3S. The van der Waals surface area contributed by atoms with Gasteiger partial charge in [0.15, 0.2) is 0 Å². The number of thioether (sulfide) groups is 1. The molecule has 1 rings (SSSR count). The molecular weight excluding hydrogens is 318 g/mol. The first-order valence-electron chi connectivity index (χ1n) is 5.06. The Labute approximate surface area is 118 Å². The largest absolute Gasteiger partial charge is 0.478 e. The number of hydrogen-bond donors (Lipinski definition) is 2. The minimum absolute atomic E-state index is 0.0615. The highest BCUT2D eigenvalue weighted by atomic mass is 79.9. The summed E-state index contributed by atoms with van der Waals surface area (Å²) in [5.41, 5.74) is 0.362. The van der Waals surface area contributed by atoms with Crippen LogP contribution in [0.15, 0.2) is 35.3 Å². The van der Waals surface area contributed by atoms with Crippen molar-refractivity contribution < 1.29 is 14.7 Å². The van der Waals surface area contributed by atoms with Gasteiger partial charge in [0.2, 0.25) is 5.91 Å². The van der Waals surface area contributed by atoms with Crippen LogP contribution in [-0.2, 0) is 4.79 Å². The molecule has 0 bridgehead atoms. The molecule has 0 aliphatic carbocycles. The summed E-state index contributed by atoms with van der Waals surface area (Å²) in [5, 5.41) is 11.6. The molecule has 0 saturated heterocycles. The van der Waals surface area contributed by atoms with Crippen LogP contribution in [0.2, 0.25) is 0 Å². The highest BCUT2D eigenvalue weighted by molar-refractivity contribution is 9.10. The maximum Gasteiger partial charge on any atom is 0.337 e. The number of halogens is 1. The summed E-state index contributed by atoms with van der Waals surface area (Å²) in [5.74, 6) is -0.363. The van der Waals surface area contributed by atoms with Gasteiger partial charge in [0.25, 0.3) is 0 Å². The van der Waals surface area contributed by atoms with E-state index in [9.17, 15) is 9.59 Å². The van der Waals surface area contributed by atoms with Gasteiger partial charge in [0.05, 0.1) is 17.0 Å². The van der Waals surface area contributed by atoms with Gasteiger partial charge in [-0.15, -0.1) is 18.3 Å². The zero-order valence-electron chi connectivity index (χ0n) is 9.48. The SMILES string of the molecule is C=CCSCC(=O)Nc1ccc(Br)cc1C(=O)O. The van der Waals surface area contributed by atoms with Crippen molar-refractivity contribution in [2.45, 2.75) is 0 Å². The van der Waals surface area contributed by atoms with E-state index < -0.39 is 5.97 Å². The molecule has 0 radical (unpaired) electrons. The first-order valence-corrected chi connectivity index (χ1v) is 7.00. The molecule has 0 unspecified atom stereocenters. The van der Waals surface area contributed by atoms with E-state index in [1.807, 2.05) is 0 Å². The molecule has 0 heterocycles. The summed E-state index contributed by atoms with van der Waals surface area (Å²) < 4.78 is 0.652. The average Bonchev–Trinajstić information content (AvgIpc) is 2.31. The van der Waals surface area contributed by atoms with Crippen LogP contribution < -0.4 is 5.32 Å². The molecule has 4 nitrogen and oxygen atoms in total. The molecule has 0 saturated carbocycles. The summed E-state index contributed by atoms with van der Waals surface area (Å²) in [7, 11) is 0. The summed E-state index contributed by atoms with van der Waals surface area (Å²) in [6.45, 7) is 3.55. The van der Waals surface area contributed by atoms with Gasteiger partial charge in [0.1, 0.15) is 0 Å². The van der Waals surface area contributed by atoms with Gasteiger partial charge in [-0.3, -0.25) is 4.79 Å². The number of carboxylic acid groups (broad SMARTS) is 1. The number of benzene rings is 1. The van der Waals surface area contributed by atoms with E-state index in [1.54, 1.807) is 18.2 Å². The second-order valence-corrected chi connectivity index (χ2v) is 5.29. The first-order chi connectivity index (χ1) is 8.54. The Morgan fingerprint density at radius 2 is 2.22 bits per heavy atom. The molecule has 0 fully saturated rings. The molecule has 0 spiro atoms. The molecule has 96 valence electrons. The van der Waals surface area contributed by atoms with Crippen LogP contribution in [0.25, 0.3) is 0 Å². The van der Waals surface area contributed by atoms with Gasteiger partial charge in [-0.1, -0.05) is 22.0 Å². The standard InChI is InChI=1S/C12H12BrNO3S/c1-2-5-18-7-11(15)14-10-4-3-8(13)6-9(10)12(16)17/h2-4,6H,1,5,7H2,(H,14,15)(H,16,17). The van der Waals surface area contributed by atoms with E-state index in [4.69, 9.17) is 5.11 Å². The monoisotopic (exact) mass is 329 g/mol. The third-order valence-corrected chi connectivity index (χ3v) is 3.39. The number of rotatable bonds is 6. The van der Waals surface area contributed by atoms with Crippen molar-refractivity contribution in [2.75, 3.05) is 16.8 Å². The van der Waals surface area contributed by atoms with E-state index in [0.29, 0.717) is 15.9 Å². The van der Waals surface area contributed by atoms with Crippen LogP contribution in [-0.4, -0.2) is 28.5 Å². The molecule has 2 N–H and O–H groups in total. The Morgan fingerprint density at radius 3 is 2.83 bits per heavy atom. The van der Waals surface area contributed by atoms with Crippen LogP contribution in [0.3, 0.4) is 0 Å². The molecule has 6 heteroatoms. The smallest absolute Gasteiger partial charge is 0.337 e. The average molecular weight is 330 g/mol. The maximum absolute atomic E-state index is 11.6. The molecule has 1 aromatic rings. The zero-order chi connectivity index (χ0) is 13.5. The van der Waals surface area contributed by atoms with E-state index in [0.717, 1.165) is 0 Å². The highest BCUT2D eigenvalue weighted by Gasteiger charge is 2.12. The van der Waals surface area contributed by atoms with Gasteiger partial charge in [0, 0.05) is 10.2 Å². The van der Waals surface area contributed by atoms with E-state index in [2.05, 4.69) is 27.8 Å². The number of carbonyl (C=O) groups excluding carboxylic acids is 1. The number of hydrogen-bond acceptors (Lipinski definition) is 3. The fraction of sp³-hybridized carbons (Fsp3) is 0.167. The van der Waals surface area contributed by atoms with Crippen LogP contribution in [0.4, 0.5) is 5.69 Å². The minimum atomic E-state index is -1.08. The third kappa shape index (κ3) is 4.54. The molecule has 0 atom stereocenters. The third-order valence-electron chi connectivity index (χ3n) is 1.95. The Kier molecular flexibility index (Phi) is 5.94. The molecule has 1 aromatic carbocycles. The summed E-state index contributed by atoms with van der Waals surface area (Å²) >= 11 is 4.60. The lowest BCUT2D eigenvalue weighted by atomic mass is 10.2. The van der Waals surface area contributed by atoms with Crippen molar-refractivity contribution >= 4 is 45.3 Å². The highest BCUT2D eigenvalue weighted by Crippen LogP contribution is 2.21. The van der Waals surface area contributed by atoms with Gasteiger partial charge in [-0.25, -0.2) is 4.79 Å². The van der Waals surface area contributed by atoms with Crippen molar-refractivity contribution in [1.82, 2.24) is 0 Å². The second-order valence-electron chi connectivity index (χ2n) is 3.35. The molecule has 0 aliphatic heterocycles. The first kappa shape index (κ1) is 14.8. The lowest BCUT2D eigenvalue weighted by Crippen LogP contribution is -2.16. The van der Waals surface area contributed by atoms with Gasteiger partial charge in [-0.2, -0.15) is 0 Å². The van der Waals surface area contributed by atoms with Crippen LogP contribution in [0.5, 0.6) is 0 Å². The van der Waals surface area contributed by atoms with Crippen LogP contribution in [0.1, 0.15) is 10.4 Å². The van der Waals surface area contributed by atoms with Crippen molar-refractivity contribution in [3.05, 3.63) is 40.9 Å². The Morgan fingerprint density at radius 1 is 1.50 bits per heavy atom. The number of anilines is 1. The van der Waals surface area contributed by atoms with Crippen molar-refractivity contribution in [3.63, 3.8) is 0 Å². The van der Waals surface area contributed by atoms with E-state index in [1.165, 1.54) is 17.8 Å². The van der Waals surface area contributed by atoms with Gasteiger partial charge < -0.3 is 10.4 Å². The number of aromatic carboxylic acids is 1. The summed E-state index contributed by atoms with van der Waals surface area (Å²) in [6, 6.07) is 4.69. The normalized spacial score (nSPS) is 9.83. The minimum Gasteiger partial charge on any atom is -0.478 e. The number of carboxylic acids is 1. The van der Waals surface area contributed by atoms with E-state index in [-0.39, 0.29) is 17.2 Å². The second kappa shape index (κ2) is 7.23. The fourth-order valence-corrected chi connectivity index (χ4v) is 2.13. The quantitative estimate of drug-likeness (QED) is 0.622. The Bertz CT molecular complexity index is 476. The molecule has 18 heavy (non-hydrogen) atoms. The fourth-order valence-electron chi connectivity index (χ4n) is 1.22. The molecule has 0 aliphatic rings. The van der Waals surface area contributed by atoms with Crippen LogP contribution >= 0.6 is 27.7 Å². The van der Waals surface area contributed by atoms with Crippen LogP contribution in [0, 0.1) is 0 Å². The Balaban J connectivity index is 2.74. The summed E-state index contributed by atoms with van der Waals surface area (Å²) in [6.07, 6.45) is 1.71. The molecule has 1 amide bonds. The van der Waals surface area contributed by atoms with Crippen molar-refractivity contribution in [2.24, 2.45) is 0 Å². The Hall–Kier alpha value is -1.27. The van der Waals surface area contributed by atoms with E-state index >= 15 is 0 Å². The lowest BCUT2D eigenvalue weighted by molar-refractivity contribution is -0.113. The van der Waals surface area contributed by atoms with Crippen molar-refractivity contribution in [1.29, 1.82) is 0 Å². The maximum atomic E-state index is 11.6. The van der Waals surface area contributed by atoms with Gasteiger partial charge in [-0.05, 0) is 18.2 Å². The number of nitrogens with one attached hydrogen (secondary N) is 1. The van der Waals surface area contributed by atoms with Crippen molar-refractivity contribution in [3.8, 4) is 0 Å². The topological polar surface area (TPSA) is 66.4 Å². The zero-order valence-corrected chi connectivity index (χ0v) is 11.9.